The Morgan fingerprint density at radius 2 is 2.00 bits per heavy atom. The maximum atomic E-state index is 13.1. The van der Waals surface area contributed by atoms with Gasteiger partial charge in [-0.3, -0.25) is 14.2 Å². The summed E-state index contributed by atoms with van der Waals surface area (Å²) in [6.07, 6.45) is 3.92. The van der Waals surface area contributed by atoms with Crippen molar-refractivity contribution in [3.05, 3.63) is 30.7 Å². The molecule has 10 heteroatoms. The third-order valence-electron chi connectivity index (χ3n) is 4.17. The van der Waals surface area contributed by atoms with Crippen LogP contribution in [0.4, 0.5) is 13.2 Å². The minimum atomic E-state index is -4.24. The maximum Gasteiger partial charge on any atom is 0.392 e. The molecule has 0 radical (unpaired) electrons. The lowest BCUT2D eigenvalue weighted by molar-refractivity contribution is -0.190. The second kappa shape index (κ2) is 6.69. The molecule has 2 aromatic heterocycles. The molecule has 25 heavy (non-hydrogen) atoms. The fourth-order valence-corrected chi connectivity index (χ4v) is 2.95. The van der Waals surface area contributed by atoms with E-state index in [0.717, 1.165) is 0 Å². The first kappa shape index (κ1) is 17.2. The number of carbonyl (C=O) groups is 1. The Morgan fingerprint density at radius 3 is 2.72 bits per heavy atom. The highest BCUT2D eigenvalue weighted by molar-refractivity contribution is 5.66. The van der Waals surface area contributed by atoms with E-state index >= 15 is 0 Å². The number of carboxylic acid groups (broad SMARTS) is 1. The summed E-state index contributed by atoms with van der Waals surface area (Å²) in [5.74, 6) is -3.00. The van der Waals surface area contributed by atoms with Crippen LogP contribution in [0, 0.1) is 11.8 Å². The zero-order chi connectivity index (χ0) is 18.0. The quantitative estimate of drug-likeness (QED) is 0.832. The molecule has 0 aliphatic heterocycles. The molecular formula is C15H16F3N5O2. The van der Waals surface area contributed by atoms with Crippen molar-refractivity contribution < 1.29 is 23.1 Å². The van der Waals surface area contributed by atoms with Crippen molar-refractivity contribution in [2.45, 2.75) is 32.1 Å². The number of allylic oxidation sites excluding steroid dienone is 2. The summed E-state index contributed by atoms with van der Waals surface area (Å²) in [6.45, 7) is -0.166. The summed E-state index contributed by atoms with van der Waals surface area (Å²) in [5, 5.41) is 20.5. The fraction of sp³-hybridized carbons (Fsp3) is 0.467. The molecular weight excluding hydrogens is 339 g/mol. The van der Waals surface area contributed by atoms with Gasteiger partial charge in [-0.15, -0.1) is 5.10 Å². The molecule has 0 saturated carbocycles. The van der Waals surface area contributed by atoms with Crippen molar-refractivity contribution in [1.29, 1.82) is 0 Å². The molecule has 2 aromatic rings. The summed E-state index contributed by atoms with van der Waals surface area (Å²) in [7, 11) is 0. The second-order valence-electron chi connectivity index (χ2n) is 6.00. The molecule has 0 fully saturated rings. The lowest BCUT2D eigenvalue weighted by Gasteiger charge is -2.29. The molecule has 1 aliphatic carbocycles. The van der Waals surface area contributed by atoms with E-state index < -0.39 is 24.0 Å². The van der Waals surface area contributed by atoms with Crippen molar-refractivity contribution in [3.8, 4) is 11.3 Å². The van der Waals surface area contributed by atoms with Gasteiger partial charge in [-0.1, -0.05) is 17.4 Å². The van der Waals surface area contributed by atoms with Gasteiger partial charge in [0.1, 0.15) is 12.2 Å². The number of carboxylic acids is 1. The van der Waals surface area contributed by atoms with Gasteiger partial charge in [0.2, 0.25) is 0 Å². The molecule has 2 heterocycles. The van der Waals surface area contributed by atoms with Gasteiger partial charge in [0, 0.05) is 18.3 Å². The number of nitrogens with zero attached hydrogens (tertiary/aromatic N) is 5. The first-order valence-electron chi connectivity index (χ1n) is 7.69. The van der Waals surface area contributed by atoms with Gasteiger partial charge in [0.05, 0.1) is 18.3 Å². The van der Waals surface area contributed by atoms with E-state index in [9.17, 15) is 18.0 Å². The minimum Gasteiger partial charge on any atom is -0.480 e. The molecule has 1 N–H and O–H groups in total. The van der Waals surface area contributed by atoms with Crippen LogP contribution in [0.1, 0.15) is 12.8 Å². The van der Waals surface area contributed by atoms with Gasteiger partial charge < -0.3 is 5.11 Å². The molecule has 2 atom stereocenters. The Balaban J connectivity index is 1.72. The Morgan fingerprint density at radius 1 is 1.24 bits per heavy atom. The average Bonchev–Trinajstić information content (AvgIpc) is 3.15. The van der Waals surface area contributed by atoms with Gasteiger partial charge >= 0.3 is 12.1 Å². The second-order valence-corrected chi connectivity index (χ2v) is 6.00. The molecule has 1 aliphatic rings. The number of rotatable bonds is 5. The predicted molar refractivity (Wildman–Crippen MR) is 80.3 cm³/mol. The monoisotopic (exact) mass is 355 g/mol. The van der Waals surface area contributed by atoms with Crippen LogP contribution in [0.25, 0.3) is 11.3 Å². The molecule has 0 saturated heterocycles. The molecule has 134 valence electrons. The van der Waals surface area contributed by atoms with E-state index in [2.05, 4.69) is 15.4 Å². The van der Waals surface area contributed by atoms with Crippen LogP contribution in [-0.4, -0.2) is 42.0 Å². The lowest BCUT2D eigenvalue weighted by Crippen LogP contribution is -2.34. The topological polar surface area (TPSA) is 85.8 Å². The van der Waals surface area contributed by atoms with Crippen LogP contribution in [-0.2, 0) is 17.9 Å². The first-order chi connectivity index (χ1) is 11.8. The largest absolute Gasteiger partial charge is 0.480 e. The third-order valence-corrected chi connectivity index (χ3v) is 4.17. The van der Waals surface area contributed by atoms with Gasteiger partial charge in [-0.25, -0.2) is 0 Å². The minimum absolute atomic E-state index is 0.0162. The number of aliphatic carboxylic acids is 1. The van der Waals surface area contributed by atoms with Gasteiger partial charge in [0.15, 0.2) is 0 Å². The Labute approximate surface area is 140 Å². The zero-order valence-electron chi connectivity index (χ0n) is 13.1. The number of alkyl halides is 3. The van der Waals surface area contributed by atoms with Gasteiger partial charge in [-0.2, -0.15) is 18.3 Å². The van der Waals surface area contributed by atoms with E-state index in [1.165, 1.54) is 21.8 Å². The SMILES string of the molecule is O=C(O)Cn1cc(-c2cn(C[C@@H]3CC=CC[C@H]3C(F)(F)F)nn2)cn1. The number of aromatic nitrogens is 5. The van der Waals surface area contributed by atoms with Crippen molar-refractivity contribution in [2.24, 2.45) is 11.8 Å². The van der Waals surface area contributed by atoms with E-state index in [4.69, 9.17) is 5.11 Å². The van der Waals surface area contributed by atoms with Crippen LogP contribution in [0.15, 0.2) is 30.7 Å². The standard InChI is InChI=1S/C15H16F3N5O2/c16-15(17,18)12-4-2-1-3-10(12)6-23-8-13(20-21-23)11-5-19-22(7-11)9-14(24)25/h1-2,5,7-8,10,12H,3-4,6,9H2,(H,24,25)/t10-,12+/m0/s1. The number of hydrogen-bond acceptors (Lipinski definition) is 4. The van der Waals surface area contributed by atoms with E-state index in [1.807, 2.05) is 0 Å². The molecule has 0 aromatic carbocycles. The predicted octanol–water partition coefficient (Wildman–Crippen LogP) is 2.37. The van der Waals surface area contributed by atoms with Crippen molar-refractivity contribution >= 4 is 5.97 Å². The van der Waals surface area contributed by atoms with Crippen LogP contribution < -0.4 is 0 Å². The summed E-state index contributed by atoms with van der Waals surface area (Å²) in [4.78, 5) is 10.7. The Hall–Kier alpha value is -2.65. The fourth-order valence-electron chi connectivity index (χ4n) is 2.95. The number of halogens is 3. The van der Waals surface area contributed by atoms with Crippen LogP contribution in [0.3, 0.4) is 0 Å². The van der Waals surface area contributed by atoms with Crippen molar-refractivity contribution in [2.75, 3.05) is 0 Å². The molecule has 0 unspecified atom stereocenters. The normalized spacial score (nSPS) is 20.8. The summed E-state index contributed by atoms with van der Waals surface area (Å²) >= 11 is 0. The molecule has 3 rings (SSSR count). The Kier molecular flexibility index (Phi) is 4.60. The van der Waals surface area contributed by atoms with Crippen LogP contribution >= 0.6 is 0 Å². The van der Waals surface area contributed by atoms with Crippen molar-refractivity contribution in [1.82, 2.24) is 24.8 Å². The molecule has 7 nitrogen and oxygen atoms in total. The molecule has 0 spiro atoms. The van der Waals surface area contributed by atoms with E-state index in [-0.39, 0.29) is 19.5 Å². The van der Waals surface area contributed by atoms with E-state index in [1.54, 1.807) is 18.3 Å². The first-order valence-corrected chi connectivity index (χ1v) is 7.69. The summed E-state index contributed by atoms with van der Waals surface area (Å²) in [5.41, 5.74) is 0.995. The molecule has 0 amide bonds. The van der Waals surface area contributed by atoms with Crippen LogP contribution in [0.2, 0.25) is 0 Å². The maximum absolute atomic E-state index is 13.1. The van der Waals surface area contributed by atoms with Crippen molar-refractivity contribution in [3.63, 3.8) is 0 Å². The average molecular weight is 355 g/mol. The highest BCUT2D eigenvalue weighted by Gasteiger charge is 2.44. The highest BCUT2D eigenvalue weighted by Crippen LogP contribution is 2.39. The van der Waals surface area contributed by atoms with Crippen LogP contribution in [0.5, 0.6) is 0 Å². The lowest BCUT2D eigenvalue weighted by atomic mass is 9.82. The van der Waals surface area contributed by atoms with Gasteiger partial charge in [0.25, 0.3) is 0 Å². The Bertz CT molecular complexity index is 780. The summed E-state index contributed by atoms with van der Waals surface area (Å²) < 4.78 is 42.0. The van der Waals surface area contributed by atoms with Gasteiger partial charge in [-0.05, 0) is 18.8 Å². The smallest absolute Gasteiger partial charge is 0.392 e. The summed E-state index contributed by atoms with van der Waals surface area (Å²) in [6, 6.07) is 0. The van der Waals surface area contributed by atoms with E-state index in [0.29, 0.717) is 17.7 Å². The highest BCUT2D eigenvalue weighted by atomic mass is 19.4. The third kappa shape index (κ3) is 4.06. The molecule has 0 bridgehead atoms. The zero-order valence-corrected chi connectivity index (χ0v) is 13.1. The number of hydrogen-bond donors (Lipinski definition) is 1.